The third kappa shape index (κ3) is 8.43. The number of halogens is 1. The Morgan fingerprint density at radius 1 is 0.800 bits per heavy atom. The molecule has 40 heavy (non-hydrogen) atoms. The second-order valence-electron chi connectivity index (χ2n) is 9.22. The highest BCUT2D eigenvalue weighted by Crippen LogP contribution is 2.39. The van der Waals surface area contributed by atoms with E-state index >= 15 is 0 Å². The van der Waals surface area contributed by atoms with Crippen molar-refractivity contribution in [2.24, 2.45) is 0 Å². The van der Waals surface area contributed by atoms with Crippen LogP contribution in [0.2, 0.25) is 5.02 Å². The molecule has 0 aliphatic carbocycles. The smallest absolute Gasteiger partial charge is 0.303 e. The summed E-state index contributed by atoms with van der Waals surface area (Å²) in [6.07, 6.45) is -5.23. The summed E-state index contributed by atoms with van der Waals surface area (Å²) in [4.78, 5) is 47.8. The maximum absolute atomic E-state index is 12.2. The lowest BCUT2D eigenvalue weighted by atomic mass is 9.89. The van der Waals surface area contributed by atoms with Crippen molar-refractivity contribution in [1.82, 2.24) is 0 Å². The van der Waals surface area contributed by atoms with Crippen LogP contribution >= 0.6 is 11.6 Å². The SMILES string of the molecule is CCOc1ccc(Cc2cc([C@@H]3O[C@@H](COC(C)=O)[C@H](OC(C)=O)[C@@H](OC(C)=O)[C@@H]3OC(C)=O)ccc2Cl)cc1. The fraction of sp³-hybridized carbons (Fsp3) is 0.448. The minimum Gasteiger partial charge on any atom is -0.494 e. The summed E-state index contributed by atoms with van der Waals surface area (Å²) < 4.78 is 33.5. The molecule has 11 heteroatoms. The van der Waals surface area contributed by atoms with E-state index in [0.29, 0.717) is 23.6 Å². The molecule has 0 radical (unpaired) electrons. The van der Waals surface area contributed by atoms with Crippen LogP contribution in [-0.4, -0.2) is 61.5 Å². The summed E-state index contributed by atoms with van der Waals surface area (Å²) in [5.41, 5.74) is 2.29. The van der Waals surface area contributed by atoms with Crippen LogP contribution in [0.25, 0.3) is 0 Å². The van der Waals surface area contributed by atoms with Crippen LogP contribution in [0, 0.1) is 0 Å². The van der Waals surface area contributed by atoms with Gasteiger partial charge in [0.2, 0.25) is 0 Å². The van der Waals surface area contributed by atoms with Crippen LogP contribution in [0.1, 0.15) is 57.4 Å². The number of esters is 4. The largest absolute Gasteiger partial charge is 0.494 e. The minimum atomic E-state index is -1.25. The molecular weight excluding hydrogens is 544 g/mol. The number of hydrogen-bond donors (Lipinski definition) is 0. The quantitative estimate of drug-likeness (QED) is 0.301. The molecule has 3 rings (SSSR count). The lowest BCUT2D eigenvalue weighted by molar-refractivity contribution is -0.254. The van der Waals surface area contributed by atoms with Gasteiger partial charge in [-0.1, -0.05) is 35.9 Å². The first-order valence-electron chi connectivity index (χ1n) is 12.8. The van der Waals surface area contributed by atoms with Gasteiger partial charge in [0.05, 0.1) is 6.61 Å². The number of carbonyl (C=O) groups is 4. The summed E-state index contributed by atoms with van der Waals surface area (Å²) in [5.74, 6) is -1.89. The van der Waals surface area contributed by atoms with Crippen molar-refractivity contribution in [3.05, 3.63) is 64.2 Å². The molecule has 10 nitrogen and oxygen atoms in total. The Bertz CT molecular complexity index is 1210. The van der Waals surface area contributed by atoms with Crippen molar-refractivity contribution in [1.29, 1.82) is 0 Å². The van der Waals surface area contributed by atoms with Gasteiger partial charge in [-0.3, -0.25) is 19.2 Å². The molecular formula is C29H33ClO10. The van der Waals surface area contributed by atoms with Crippen LogP contribution in [0.15, 0.2) is 42.5 Å². The van der Waals surface area contributed by atoms with Crippen molar-refractivity contribution >= 4 is 35.5 Å². The van der Waals surface area contributed by atoms with E-state index in [1.165, 1.54) is 27.7 Å². The predicted molar refractivity (Wildman–Crippen MR) is 143 cm³/mol. The lowest BCUT2D eigenvalue weighted by Crippen LogP contribution is -2.59. The number of carbonyl (C=O) groups excluding carboxylic acids is 4. The van der Waals surface area contributed by atoms with Gasteiger partial charge in [-0.15, -0.1) is 0 Å². The monoisotopic (exact) mass is 576 g/mol. The third-order valence-electron chi connectivity index (χ3n) is 6.02. The molecule has 0 saturated carbocycles. The zero-order chi connectivity index (χ0) is 29.4. The van der Waals surface area contributed by atoms with Gasteiger partial charge >= 0.3 is 23.9 Å². The zero-order valence-electron chi connectivity index (χ0n) is 23.0. The minimum absolute atomic E-state index is 0.305. The molecule has 2 aromatic rings. The van der Waals surface area contributed by atoms with E-state index in [0.717, 1.165) is 16.9 Å². The van der Waals surface area contributed by atoms with Crippen molar-refractivity contribution in [2.75, 3.05) is 13.2 Å². The molecule has 1 aliphatic heterocycles. The zero-order valence-corrected chi connectivity index (χ0v) is 23.8. The Kier molecular flexibility index (Phi) is 10.9. The summed E-state index contributed by atoms with van der Waals surface area (Å²) >= 11 is 6.54. The molecule has 0 aromatic heterocycles. The lowest BCUT2D eigenvalue weighted by Gasteiger charge is -2.44. The average molecular weight is 577 g/mol. The number of benzene rings is 2. The van der Waals surface area contributed by atoms with Gasteiger partial charge < -0.3 is 28.4 Å². The summed E-state index contributed by atoms with van der Waals surface area (Å²) in [6, 6.07) is 12.8. The van der Waals surface area contributed by atoms with Gasteiger partial charge in [0, 0.05) is 32.7 Å². The van der Waals surface area contributed by atoms with Crippen LogP contribution in [0.5, 0.6) is 5.75 Å². The standard InChI is InChI=1S/C29H33ClO10/c1-6-35-23-10-7-20(8-11-23)13-22-14-21(9-12-24(22)30)26-28(38-18(4)33)29(39-19(5)34)27(37-17(3)32)25(40-26)15-36-16(2)31/h7-12,14,25-29H,6,13,15H2,1-5H3/t25-,26-,27-,28+,29+/m0/s1. The van der Waals surface area contributed by atoms with Gasteiger partial charge in [0.25, 0.3) is 0 Å². The molecule has 0 spiro atoms. The van der Waals surface area contributed by atoms with Gasteiger partial charge in [0.1, 0.15) is 24.6 Å². The molecule has 1 aliphatic rings. The summed E-state index contributed by atoms with van der Waals surface area (Å²) in [5, 5.41) is 0.503. The van der Waals surface area contributed by atoms with E-state index in [-0.39, 0.29) is 6.61 Å². The highest BCUT2D eigenvalue weighted by molar-refractivity contribution is 6.31. The maximum Gasteiger partial charge on any atom is 0.303 e. The Balaban J connectivity index is 2.03. The van der Waals surface area contributed by atoms with E-state index < -0.39 is 54.4 Å². The van der Waals surface area contributed by atoms with E-state index in [4.69, 9.17) is 40.0 Å². The molecule has 5 atom stereocenters. The fourth-order valence-corrected chi connectivity index (χ4v) is 4.68. The first-order chi connectivity index (χ1) is 19.0. The molecule has 0 bridgehead atoms. The molecule has 1 heterocycles. The Morgan fingerprint density at radius 2 is 1.40 bits per heavy atom. The van der Waals surface area contributed by atoms with Crippen molar-refractivity contribution < 1.29 is 47.6 Å². The molecule has 0 N–H and O–H groups in total. The molecule has 2 aromatic carbocycles. The first kappa shape index (κ1) is 30.9. The van der Waals surface area contributed by atoms with Crippen LogP contribution in [-0.2, 0) is 49.3 Å². The molecule has 0 unspecified atom stereocenters. The number of ether oxygens (including phenoxy) is 6. The van der Waals surface area contributed by atoms with Crippen molar-refractivity contribution in [3.63, 3.8) is 0 Å². The topological polar surface area (TPSA) is 124 Å². The predicted octanol–water partition coefficient (Wildman–Crippen LogP) is 4.13. The average Bonchev–Trinajstić information content (AvgIpc) is 2.87. The first-order valence-corrected chi connectivity index (χ1v) is 13.2. The van der Waals surface area contributed by atoms with E-state index in [9.17, 15) is 19.2 Å². The molecule has 0 amide bonds. The maximum atomic E-state index is 12.2. The number of rotatable bonds is 10. The fourth-order valence-electron chi connectivity index (χ4n) is 4.49. The Labute approximate surface area is 237 Å². The molecule has 1 saturated heterocycles. The van der Waals surface area contributed by atoms with E-state index in [1.807, 2.05) is 31.2 Å². The van der Waals surface area contributed by atoms with Gasteiger partial charge in [-0.2, -0.15) is 0 Å². The van der Waals surface area contributed by atoms with Crippen LogP contribution in [0.3, 0.4) is 0 Å². The number of hydrogen-bond acceptors (Lipinski definition) is 10. The van der Waals surface area contributed by atoms with Crippen LogP contribution in [0.4, 0.5) is 0 Å². The van der Waals surface area contributed by atoms with Crippen molar-refractivity contribution in [3.8, 4) is 5.75 Å². The van der Waals surface area contributed by atoms with Gasteiger partial charge in [-0.05, 0) is 48.2 Å². The van der Waals surface area contributed by atoms with E-state index in [2.05, 4.69) is 0 Å². The van der Waals surface area contributed by atoms with Crippen molar-refractivity contribution in [2.45, 2.75) is 71.6 Å². The van der Waals surface area contributed by atoms with Gasteiger partial charge in [0.15, 0.2) is 18.3 Å². The molecule has 216 valence electrons. The third-order valence-corrected chi connectivity index (χ3v) is 6.39. The second-order valence-corrected chi connectivity index (χ2v) is 9.63. The highest BCUT2D eigenvalue weighted by atomic mass is 35.5. The normalized spacial score (nSPS) is 22.1. The van der Waals surface area contributed by atoms with Crippen LogP contribution < -0.4 is 4.74 Å². The van der Waals surface area contributed by atoms with E-state index in [1.54, 1.807) is 18.2 Å². The Hall–Kier alpha value is -3.63. The summed E-state index contributed by atoms with van der Waals surface area (Å²) in [6.45, 7) is 6.94. The second kappa shape index (κ2) is 14.1. The highest BCUT2D eigenvalue weighted by Gasteiger charge is 2.52. The Morgan fingerprint density at radius 3 is 1.98 bits per heavy atom. The summed E-state index contributed by atoms with van der Waals surface area (Å²) in [7, 11) is 0. The molecule has 1 fully saturated rings. The van der Waals surface area contributed by atoms with Gasteiger partial charge in [-0.25, -0.2) is 0 Å².